The Balaban J connectivity index is 1.43. The second kappa shape index (κ2) is 8.86. The molecule has 0 aromatic heterocycles. The molecule has 2 amide bonds. The first kappa shape index (κ1) is 18.5. The predicted octanol–water partition coefficient (Wildman–Crippen LogP) is 3.44. The number of halogens is 1. The zero-order valence-corrected chi connectivity index (χ0v) is 15.4. The fourth-order valence-electron chi connectivity index (χ4n) is 3.21. The Labute approximate surface area is 159 Å². The summed E-state index contributed by atoms with van der Waals surface area (Å²) in [7, 11) is 0. The van der Waals surface area contributed by atoms with Crippen molar-refractivity contribution in [3.8, 4) is 0 Å². The van der Waals surface area contributed by atoms with Gasteiger partial charge in [-0.2, -0.15) is 0 Å². The van der Waals surface area contributed by atoms with Gasteiger partial charge in [0.2, 0.25) is 11.8 Å². The van der Waals surface area contributed by atoms with Crippen molar-refractivity contribution in [3.63, 3.8) is 0 Å². The largest absolute Gasteiger partial charge is 0.352 e. The van der Waals surface area contributed by atoms with Crippen LogP contribution < -0.4 is 5.32 Å². The molecule has 4 nitrogen and oxygen atoms in total. The van der Waals surface area contributed by atoms with Crippen LogP contribution in [0.5, 0.6) is 0 Å². The first-order valence-electron chi connectivity index (χ1n) is 8.95. The first-order valence-corrected chi connectivity index (χ1v) is 9.33. The summed E-state index contributed by atoms with van der Waals surface area (Å²) < 4.78 is 0. The molecule has 1 saturated heterocycles. The minimum Gasteiger partial charge on any atom is -0.352 e. The lowest BCUT2D eigenvalue weighted by Crippen LogP contribution is -2.43. The van der Waals surface area contributed by atoms with Crippen LogP contribution in [0.2, 0.25) is 5.02 Å². The summed E-state index contributed by atoms with van der Waals surface area (Å²) in [5.74, 6) is 0.174. The van der Waals surface area contributed by atoms with Crippen molar-refractivity contribution in [1.29, 1.82) is 0 Å². The molecule has 0 radical (unpaired) electrons. The van der Waals surface area contributed by atoms with E-state index in [0.29, 0.717) is 43.9 Å². The van der Waals surface area contributed by atoms with Gasteiger partial charge < -0.3 is 10.2 Å². The van der Waals surface area contributed by atoms with Crippen molar-refractivity contribution in [3.05, 3.63) is 70.7 Å². The second-order valence-corrected chi connectivity index (χ2v) is 7.10. The van der Waals surface area contributed by atoms with E-state index in [4.69, 9.17) is 11.6 Å². The molecule has 1 aliphatic heterocycles. The van der Waals surface area contributed by atoms with Crippen LogP contribution in [0.25, 0.3) is 0 Å². The molecule has 0 bridgehead atoms. The van der Waals surface area contributed by atoms with Crippen molar-refractivity contribution < 1.29 is 9.59 Å². The minimum atomic E-state index is -0.0155. The number of hydrogen-bond acceptors (Lipinski definition) is 2. The number of benzene rings is 2. The van der Waals surface area contributed by atoms with Crippen LogP contribution in [0.3, 0.4) is 0 Å². The van der Waals surface area contributed by atoms with Crippen molar-refractivity contribution in [1.82, 2.24) is 10.2 Å². The van der Waals surface area contributed by atoms with E-state index >= 15 is 0 Å². The minimum absolute atomic E-state index is 0.0155. The number of carbonyl (C=O) groups is 2. The number of nitrogens with zero attached hydrogens (tertiary/aromatic N) is 1. The van der Waals surface area contributed by atoms with Crippen LogP contribution in [0.15, 0.2) is 54.6 Å². The van der Waals surface area contributed by atoms with Crippen molar-refractivity contribution in [2.24, 2.45) is 5.92 Å². The Morgan fingerprint density at radius 1 is 0.962 bits per heavy atom. The van der Waals surface area contributed by atoms with Gasteiger partial charge in [-0.05, 0) is 36.1 Å². The molecule has 5 heteroatoms. The zero-order valence-electron chi connectivity index (χ0n) is 14.7. The smallest absolute Gasteiger partial charge is 0.226 e. The summed E-state index contributed by atoms with van der Waals surface area (Å²) in [5.41, 5.74) is 2.05. The monoisotopic (exact) mass is 370 g/mol. The highest BCUT2D eigenvalue weighted by Crippen LogP contribution is 2.19. The third-order valence-corrected chi connectivity index (χ3v) is 5.05. The molecule has 1 fully saturated rings. The third kappa shape index (κ3) is 5.09. The SMILES string of the molecule is O=C(NCc1ccccc1)C1CCN(C(=O)Cc2ccc(Cl)cc2)CC1. The second-order valence-electron chi connectivity index (χ2n) is 6.66. The summed E-state index contributed by atoms with van der Waals surface area (Å²) in [6.07, 6.45) is 1.81. The van der Waals surface area contributed by atoms with E-state index in [0.717, 1.165) is 11.1 Å². The molecule has 3 rings (SSSR count). The Bertz CT molecular complexity index is 738. The molecule has 2 aromatic rings. The number of amides is 2. The van der Waals surface area contributed by atoms with Gasteiger partial charge in [-0.25, -0.2) is 0 Å². The summed E-state index contributed by atoms with van der Waals surface area (Å²) in [4.78, 5) is 26.6. The maximum Gasteiger partial charge on any atom is 0.226 e. The van der Waals surface area contributed by atoms with E-state index in [1.807, 2.05) is 47.4 Å². The topological polar surface area (TPSA) is 49.4 Å². The van der Waals surface area contributed by atoms with Gasteiger partial charge >= 0.3 is 0 Å². The molecule has 1 N–H and O–H groups in total. The van der Waals surface area contributed by atoms with Gasteiger partial charge in [0.15, 0.2) is 0 Å². The van der Waals surface area contributed by atoms with Crippen LogP contribution in [0.1, 0.15) is 24.0 Å². The molecule has 2 aromatic carbocycles. The average molecular weight is 371 g/mol. The number of hydrogen-bond donors (Lipinski definition) is 1. The molecule has 26 heavy (non-hydrogen) atoms. The highest BCUT2D eigenvalue weighted by molar-refractivity contribution is 6.30. The van der Waals surface area contributed by atoms with Crippen LogP contribution >= 0.6 is 11.6 Å². The number of rotatable bonds is 5. The maximum absolute atomic E-state index is 12.4. The summed E-state index contributed by atoms with van der Waals surface area (Å²) in [6, 6.07) is 17.2. The predicted molar refractivity (Wildman–Crippen MR) is 103 cm³/mol. The zero-order chi connectivity index (χ0) is 18.4. The van der Waals surface area contributed by atoms with E-state index < -0.39 is 0 Å². The van der Waals surface area contributed by atoms with Gasteiger partial charge in [0.1, 0.15) is 0 Å². The van der Waals surface area contributed by atoms with Gasteiger partial charge in [0, 0.05) is 30.6 Å². The van der Waals surface area contributed by atoms with Crippen LogP contribution in [-0.4, -0.2) is 29.8 Å². The first-order chi connectivity index (χ1) is 12.6. The van der Waals surface area contributed by atoms with Gasteiger partial charge in [-0.1, -0.05) is 54.1 Å². The fourth-order valence-corrected chi connectivity index (χ4v) is 3.34. The number of carbonyl (C=O) groups excluding carboxylic acids is 2. The van der Waals surface area contributed by atoms with Crippen molar-refractivity contribution >= 4 is 23.4 Å². The molecule has 0 atom stereocenters. The highest BCUT2D eigenvalue weighted by Gasteiger charge is 2.27. The summed E-state index contributed by atoms with van der Waals surface area (Å²) in [5, 5.41) is 3.67. The normalized spacial score (nSPS) is 14.9. The van der Waals surface area contributed by atoms with E-state index in [2.05, 4.69) is 5.32 Å². The number of nitrogens with one attached hydrogen (secondary N) is 1. The molecule has 1 aliphatic rings. The van der Waals surface area contributed by atoms with E-state index in [1.54, 1.807) is 12.1 Å². The summed E-state index contributed by atoms with van der Waals surface area (Å²) >= 11 is 5.87. The molecule has 0 aliphatic carbocycles. The molecular weight excluding hydrogens is 348 g/mol. The van der Waals surface area contributed by atoms with Gasteiger partial charge in [-0.3, -0.25) is 9.59 Å². The van der Waals surface area contributed by atoms with Crippen LogP contribution in [-0.2, 0) is 22.6 Å². The highest BCUT2D eigenvalue weighted by atomic mass is 35.5. The van der Waals surface area contributed by atoms with Gasteiger partial charge in [0.05, 0.1) is 6.42 Å². The standard InChI is InChI=1S/C21H23ClN2O2/c22-19-8-6-16(7-9-19)14-20(25)24-12-10-18(11-13-24)21(26)23-15-17-4-2-1-3-5-17/h1-9,18H,10-15H2,(H,23,26). The maximum atomic E-state index is 12.4. The van der Waals surface area contributed by atoms with Crippen LogP contribution in [0, 0.1) is 5.92 Å². The van der Waals surface area contributed by atoms with E-state index in [1.165, 1.54) is 0 Å². The van der Waals surface area contributed by atoms with E-state index in [9.17, 15) is 9.59 Å². The Morgan fingerprint density at radius 3 is 2.27 bits per heavy atom. The third-order valence-electron chi connectivity index (χ3n) is 4.80. The Kier molecular flexibility index (Phi) is 6.29. The Morgan fingerprint density at radius 2 is 1.62 bits per heavy atom. The van der Waals surface area contributed by atoms with Crippen molar-refractivity contribution in [2.75, 3.05) is 13.1 Å². The van der Waals surface area contributed by atoms with E-state index in [-0.39, 0.29) is 17.7 Å². The van der Waals surface area contributed by atoms with Gasteiger partial charge in [-0.15, -0.1) is 0 Å². The van der Waals surface area contributed by atoms with Crippen molar-refractivity contribution in [2.45, 2.75) is 25.8 Å². The quantitative estimate of drug-likeness (QED) is 0.876. The fraction of sp³-hybridized carbons (Fsp3) is 0.333. The summed E-state index contributed by atoms with van der Waals surface area (Å²) in [6.45, 7) is 1.82. The molecule has 136 valence electrons. The lowest BCUT2D eigenvalue weighted by atomic mass is 9.95. The lowest BCUT2D eigenvalue weighted by molar-refractivity contribution is -0.135. The lowest BCUT2D eigenvalue weighted by Gasteiger charge is -2.31. The average Bonchev–Trinajstić information content (AvgIpc) is 2.69. The Hall–Kier alpha value is -2.33. The van der Waals surface area contributed by atoms with Gasteiger partial charge in [0.25, 0.3) is 0 Å². The molecule has 1 heterocycles. The molecule has 0 spiro atoms. The molecular formula is C21H23ClN2O2. The number of likely N-dealkylation sites (tertiary alicyclic amines) is 1. The van der Waals surface area contributed by atoms with Crippen LogP contribution in [0.4, 0.5) is 0 Å². The molecule has 0 saturated carbocycles. The number of piperidine rings is 1. The molecule has 0 unspecified atom stereocenters.